The van der Waals surface area contributed by atoms with Crippen LogP contribution in [-0.4, -0.2) is 74.8 Å². The molecule has 1 aliphatic carbocycles. The van der Waals surface area contributed by atoms with Crippen molar-refractivity contribution in [1.82, 2.24) is 4.90 Å². The average Bonchev–Trinajstić information content (AvgIpc) is 2.97. The summed E-state index contributed by atoms with van der Waals surface area (Å²) in [6.07, 6.45) is -7.42. The number of unbranched alkanes of at least 4 members (excludes halogenated alkanes) is 2. The first kappa shape index (κ1) is 35.7. The molecule has 3 aromatic rings. The molecule has 0 bridgehead atoms. The Morgan fingerprint density at radius 2 is 1.53 bits per heavy atom. The van der Waals surface area contributed by atoms with Crippen LogP contribution in [0.15, 0.2) is 36.4 Å². The van der Waals surface area contributed by atoms with Crippen LogP contribution in [0.2, 0.25) is 10.0 Å². The lowest BCUT2D eigenvalue weighted by Crippen LogP contribution is -2.56. The molecule has 45 heavy (non-hydrogen) atoms. The monoisotopic (exact) mass is 673 g/mol. The van der Waals surface area contributed by atoms with Gasteiger partial charge in [0.15, 0.2) is 5.60 Å². The largest absolute Gasteiger partial charge is 0.455 e. The highest BCUT2D eigenvalue weighted by molar-refractivity contribution is 6.39. The average molecular weight is 675 g/mol. The maximum Gasteiger partial charge on any atom is 0.416 e. The predicted molar refractivity (Wildman–Crippen MR) is 168 cm³/mol. The van der Waals surface area contributed by atoms with E-state index in [1.807, 2.05) is 0 Å². The Bertz CT molecular complexity index is 1480. The zero-order valence-corrected chi connectivity index (χ0v) is 26.8. The van der Waals surface area contributed by atoms with Crippen molar-refractivity contribution >= 4 is 50.7 Å². The first-order valence-electron chi connectivity index (χ1n) is 15.3. The van der Waals surface area contributed by atoms with Gasteiger partial charge in [-0.1, -0.05) is 56.0 Å². The number of aliphatic hydroxyl groups excluding tert-OH is 3. The van der Waals surface area contributed by atoms with Gasteiger partial charge in [0, 0.05) is 46.8 Å². The molecule has 7 nitrogen and oxygen atoms in total. The Hall–Kier alpha value is -2.18. The van der Waals surface area contributed by atoms with Crippen LogP contribution in [-0.2, 0) is 15.7 Å². The molecule has 0 heterocycles. The Labute approximate surface area is 270 Å². The Morgan fingerprint density at radius 1 is 0.933 bits per heavy atom. The van der Waals surface area contributed by atoms with Crippen LogP contribution in [0.25, 0.3) is 21.5 Å². The van der Waals surface area contributed by atoms with Crippen LogP contribution < -0.4 is 0 Å². The van der Waals surface area contributed by atoms with Gasteiger partial charge in [-0.3, -0.25) is 0 Å². The summed E-state index contributed by atoms with van der Waals surface area (Å²) in [4.78, 5) is 15.8. The molecule has 0 aliphatic heterocycles. The van der Waals surface area contributed by atoms with Gasteiger partial charge in [0.25, 0.3) is 0 Å². The van der Waals surface area contributed by atoms with Gasteiger partial charge in [-0.05, 0) is 72.4 Å². The molecular formula is C33H40Cl2F3NO6. The van der Waals surface area contributed by atoms with Crippen LogP contribution in [0.1, 0.15) is 76.0 Å². The van der Waals surface area contributed by atoms with Crippen molar-refractivity contribution in [2.75, 3.05) is 19.6 Å². The van der Waals surface area contributed by atoms with Crippen LogP contribution in [0.3, 0.4) is 0 Å². The van der Waals surface area contributed by atoms with E-state index in [1.165, 1.54) is 18.2 Å². The van der Waals surface area contributed by atoms with Crippen LogP contribution in [0.5, 0.6) is 0 Å². The topological polar surface area (TPSA) is 110 Å². The lowest BCUT2D eigenvalue weighted by Gasteiger charge is -2.39. The SMILES string of the molecule is CCCCN(CCCC)CCC(OC(=O)C1(O)C[C@@H](O)C(O)[C@H](O)C1)c1cc2c(Cl)cc(Cl)cc2c2cc(C(F)(F)F)ccc12. The summed E-state index contributed by atoms with van der Waals surface area (Å²) in [6.45, 7) is 6.25. The fourth-order valence-electron chi connectivity index (χ4n) is 6.00. The molecule has 12 heteroatoms. The number of benzene rings is 3. The molecule has 1 saturated carbocycles. The number of carbonyl (C=O) groups excluding carboxylic acids is 1. The van der Waals surface area contributed by atoms with Crippen molar-refractivity contribution in [3.63, 3.8) is 0 Å². The lowest BCUT2D eigenvalue weighted by atomic mass is 9.79. The van der Waals surface area contributed by atoms with Gasteiger partial charge >= 0.3 is 12.1 Å². The highest BCUT2D eigenvalue weighted by Crippen LogP contribution is 2.42. The summed E-state index contributed by atoms with van der Waals surface area (Å²) in [6, 6.07) is 7.98. The number of carbonyl (C=O) groups is 1. The third-order valence-corrected chi connectivity index (χ3v) is 9.09. The van der Waals surface area contributed by atoms with Gasteiger partial charge in [-0.25, -0.2) is 4.79 Å². The van der Waals surface area contributed by atoms with Gasteiger partial charge in [-0.15, -0.1) is 0 Å². The lowest BCUT2D eigenvalue weighted by molar-refractivity contribution is -0.197. The first-order valence-corrected chi connectivity index (χ1v) is 16.1. The van der Waals surface area contributed by atoms with E-state index in [-0.39, 0.29) is 21.9 Å². The summed E-state index contributed by atoms with van der Waals surface area (Å²) in [5.74, 6) is -1.12. The summed E-state index contributed by atoms with van der Waals surface area (Å²) in [5.41, 5.74) is -2.79. The molecule has 0 saturated heterocycles. The molecule has 4 rings (SSSR count). The summed E-state index contributed by atoms with van der Waals surface area (Å²) >= 11 is 12.8. The highest BCUT2D eigenvalue weighted by Gasteiger charge is 2.50. The molecule has 0 spiro atoms. The maximum absolute atomic E-state index is 13.8. The van der Waals surface area contributed by atoms with Crippen LogP contribution in [0.4, 0.5) is 13.2 Å². The number of nitrogens with zero attached hydrogens (tertiary/aromatic N) is 1. The van der Waals surface area contributed by atoms with Crippen molar-refractivity contribution < 1.29 is 43.1 Å². The maximum atomic E-state index is 13.8. The second-order valence-electron chi connectivity index (χ2n) is 12.0. The van der Waals surface area contributed by atoms with E-state index >= 15 is 0 Å². The van der Waals surface area contributed by atoms with E-state index in [0.29, 0.717) is 28.3 Å². The molecule has 1 fully saturated rings. The molecule has 248 valence electrons. The van der Waals surface area contributed by atoms with Crippen LogP contribution >= 0.6 is 23.2 Å². The zero-order chi connectivity index (χ0) is 33.1. The third-order valence-electron chi connectivity index (χ3n) is 8.56. The summed E-state index contributed by atoms with van der Waals surface area (Å²) < 4.78 is 47.5. The summed E-state index contributed by atoms with van der Waals surface area (Å²) in [7, 11) is 0. The minimum atomic E-state index is -4.62. The molecule has 4 N–H and O–H groups in total. The van der Waals surface area contributed by atoms with E-state index in [9.17, 15) is 38.4 Å². The van der Waals surface area contributed by atoms with E-state index in [2.05, 4.69) is 18.7 Å². The number of aliphatic hydroxyl groups is 4. The van der Waals surface area contributed by atoms with Crippen molar-refractivity contribution in [3.05, 3.63) is 57.6 Å². The number of hydrogen-bond donors (Lipinski definition) is 4. The third kappa shape index (κ3) is 8.22. The molecular weight excluding hydrogens is 634 g/mol. The number of alkyl halides is 3. The van der Waals surface area contributed by atoms with E-state index < -0.39 is 60.6 Å². The zero-order valence-electron chi connectivity index (χ0n) is 25.3. The van der Waals surface area contributed by atoms with E-state index in [1.54, 1.807) is 6.07 Å². The molecule has 0 amide bonds. The smallest absolute Gasteiger partial charge is 0.416 e. The number of esters is 1. The first-order chi connectivity index (χ1) is 21.2. The van der Waals surface area contributed by atoms with Crippen LogP contribution in [0, 0.1) is 0 Å². The Kier molecular flexibility index (Phi) is 11.7. The molecule has 0 aromatic heterocycles. The number of fused-ring (bicyclic) bond motifs is 3. The molecule has 1 aliphatic rings. The molecule has 1 unspecified atom stereocenters. The summed E-state index contributed by atoms with van der Waals surface area (Å²) in [5, 5.41) is 43.5. The number of rotatable bonds is 12. The molecule has 3 aromatic carbocycles. The van der Waals surface area contributed by atoms with Gasteiger partial charge in [0.1, 0.15) is 12.2 Å². The van der Waals surface area contributed by atoms with Gasteiger partial charge < -0.3 is 30.1 Å². The minimum Gasteiger partial charge on any atom is -0.455 e. The minimum absolute atomic E-state index is 0.196. The molecule has 3 atom stereocenters. The number of halogens is 5. The fourth-order valence-corrected chi connectivity index (χ4v) is 6.55. The van der Waals surface area contributed by atoms with Gasteiger partial charge in [0.05, 0.1) is 17.8 Å². The highest BCUT2D eigenvalue weighted by atomic mass is 35.5. The number of hydrogen-bond acceptors (Lipinski definition) is 7. The van der Waals surface area contributed by atoms with Crippen molar-refractivity contribution in [1.29, 1.82) is 0 Å². The fraction of sp³-hybridized carbons (Fsp3) is 0.545. The normalized spacial score (nSPS) is 23.2. The van der Waals surface area contributed by atoms with Crippen molar-refractivity contribution in [3.8, 4) is 0 Å². The van der Waals surface area contributed by atoms with Crippen molar-refractivity contribution in [2.24, 2.45) is 0 Å². The van der Waals surface area contributed by atoms with E-state index in [0.717, 1.165) is 50.9 Å². The quantitative estimate of drug-likeness (QED) is 0.124. The Morgan fingerprint density at radius 3 is 2.11 bits per heavy atom. The second-order valence-corrected chi connectivity index (χ2v) is 12.8. The van der Waals surface area contributed by atoms with Crippen molar-refractivity contribution in [2.45, 2.75) is 95.0 Å². The van der Waals surface area contributed by atoms with Gasteiger partial charge in [0.2, 0.25) is 0 Å². The molecule has 0 radical (unpaired) electrons. The predicted octanol–water partition coefficient (Wildman–Crippen LogP) is 6.80. The Balaban J connectivity index is 1.85. The number of ether oxygens (including phenoxy) is 1. The second kappa shape index (κ2) is 14.7. The van der Waals surface area contributed by atoms with E-state index in [4.69, 9.17) is 27.9 Å². The van der Waals surface area contributed by atoms with Gasteiger partial charge in [-0.2, -0.15) is 13.2 Å². The standard InChI is InChI=1S/C33H40Cl2F3NO6/c1-3-5-10-39(11-6-4-2)12-9-29(45-31(43)32(44)17-27(40)30(42)28(41)18-32)25-16-24-23(14-20(34)15-26(24)35)22-13-19(33(36,37)38)7-8-21(22)25/h7-8,13-16,27-30,40-42,44H,3-6,9-12,17-18H2,1-2H3/t27-,28-,29?,30?,32?/m1/s1.